The maximum atomic E-state index is 12.5. The Morgan fingerprint density at radius 2 is 1.03 bits per heavy atom. The van der Waals surface area contributed by atoms with E-state index in [0.29, 0.717) is 109 Å². The summed E-state index contributed by atoms with van der Waals surface area (Å²) in [5.41, 5.74) is 39.5. The van der Waals surface area contributed by atoms with Gasteiger partial charge in [-0.1, -0.05) is 67.4 Å². The summed E-state index contributed by atoms with van der Waals surface area (Å²) in [6.07, 6.45) is 7.32. The van der Waals surface area contributed by atoms with E-state index in [1.54, 1.807) is 26.0 Å². The minimum Gasteiger partial charge on any atom is -0.508 e. The summed E-state index contributed by atoms with van der Waals surface area (Å²) in [5, 5.41) is 26.5. The predicted molar refractivity (Wildman–Crippen MR) is 305 cm³/mol. The van der Waals surface area contributed by atoms with Crippen LogP contribution in [0.5, 0.6) is 5.75 Å². The number of aryl methyl sites for hydroxylation is 2. The molecule has 0 saturated heterocycles. The van der Waals surface area contributed by atoms with Crippen molar-refractivity contribution in [2.45, 2.75) is 142 Å². The van der Waals surface area contributed by atoms with Gasteiger partial charge in [0, 0.05) is 24.9 Å². The fourth-order valence-corrected chi connectivity index (χ4v) is 6.48. The van der Waals surface area contributed by atoms with Crippen LogP contribution in [0, 0.1) is 19.8 Å². The number of hydrogen-bond acceptors (Lipinski definition) is 16. The number of nitrogens with one attached hydrogen (secondary N) is 7. The first-order valence-corrected chi connectivity index (χ1v) is 26.3. The second-order valence-electron chi connectivity index (χ2n) is 18.1. The van der Waals surface area contributed by atoms with Gasteiger partial charge >= 0.3 is 0 Å². The molecule has 0 bridgehead atoms. The van der Waals surface area contributed by atoms with Crippen LogP contribution in [0.1, 0.15) is 109 Å². The number of amides is 7. The van der Waals surface area contributed by atoms with Crippen molar-refractivity contribution in [3.05, 3.63) is 65.7 Å². The molecule has 0 aromatic heterocycles. The van der Waals surface area contributed by atoms with Gasteiger partial charge in [0.25, 0.3) is 0 Å². The van der Waals surface area contributed by atoms with E-state index in [9.17, 15) is 43.2 Å². The van der Waals surface area contributed by atoms with E-state index in [0.717, 1.165) is 6.42 Å². The fraction of sp³-hybridized carbons (Fsp3) is 0.585. The lowest BCUT2D eigenvalue weighted by atomic mass is 9.97. The Morgan fingerprint density at radius 3 is 1.45 bits per heavy atom. The van der Waals surface area contributed by atoms with E-state index in [2.05, 4.69) is 67.0 Å². The molecule has 78 heavy (non-hydrogen) atoms. The first-order chi connectivity index (χ1) is 37.1. The number of aliphatic imine (C=N–C) groups is 1. The topological polar surface area (TPSA) is 453 Å². The number of carbonyl (C=O) groups is 9. The molecule has 0 radical (unpaired) electrons. The van der Waals surface area contributed by atoms with Crippen LogP contribution in [-0.2, 0) is 43.2 Å². The lowest BCUT2D eigenvalue weighted by Crippen LogP contribution is -2.53. The highest BCUT2D eigenvalue weighted by Gasteiger charge is 2.26. The smallest absolute Gasteiger partial charge is 0.243 e. The lowest BCUT2D eigenvalue weighted by Gasteiger charge is -2.21. The van der Waals surface area contributed by atoms with Crippen molar-refractivity contribution in [3.8, 4) is 5.75 Å². The van der Waals surface area contributed by atoms with Gasteiger partial charge in [0.05, 0.1) is 31.7 Å². The van der Waals surface area contributed by atoms with Gasteiger partial charge in [-0.3, -0.25) is 43.3 Å². The van der Waals surface area contributed by atoms with Gasteiger partial charge in [-0.2, -0.15) is 0 Å². The number of hydrogen-bond donors (Lipinski definition) is 15. The number of Topliss-reactive ketones (excluding diaryl/α,β-unsaturated/α-hetero) is 1. The summed E-state index contributed by atoms with van der Waals surface area (Å²) in [6.45, 7) is 10.5. The van der Waals surface area contributed by atoms with Crippen LogP contribution in [0.2, 0.25) is 0 Å². The standard InChI is InChI=1S/C20H38N6O5.C18H36N8O4.C7H8O.C7H8.CH5N/c1-14(2)19(30)15(7-3-5-9-21)25-18(29)12-24-20(31)16(8-4-6-10-22)26-17(28)11-23-13-27;1-12(5-4-9-23-18(21)22)25-15(28)11-24-17(30)14(6-2-3-8-19)26-16(29)13(20)7-10-27;1-6-2-4-7(8)5-3-6;1-7-5-3-2-4-6-7;1-2/h13-16H,3-12,21-22H2,1-2H3,(H,23,27)(H,24,31)(H,25,29)(H,26,28);10,12-14H,2-9,11,19-20H2,1H3,(H,24,30)(H,25,28)(H,26,29)(H4,21,22,23);2-5,8H,1H3;2-6H,1H3;2H2,1H3. The van der Waals surface area contributed by atoms with Crippen molar-refractivity contribution in [3.63, 3.8) is 0 Å². The average Bonchev–Trinajstić information content (AvgIpc) is 3.41. The number of aromatic hydroxyl groups is 1. The van der Waals surface area contributed by atoms with Gasteiger partial charge in [0.1, 0.15) is 24.1 Å². The zero-order chi connectivity index (χ0) is 59.7. The molecule has 25 heteroatoms. The molecular weight excluding hydrogens is 1010 g/mol. The molecule has 22 N–H and O–H groups in total. The number of phenols is 1. The number of aldehydes is 1. The van der Waals surface area contributed by atoms with Crippen LogP contribution in [-0.4, -0.2) is 148 Å². The largest absolute Gasteiger partial charge is 0.508 e. The van der Waals surface area contributed by atoms with Crippen LogP contribution >= 0.6 is 0 Å². The minimum absolute atomic E-state index is 0.0228. The van der Waals surface area contributed by atoms with E-state index in [1.165, 1.54) is 18.2 Å². The Kier molecular flexibility index (Phi) is 47.7. The van der Waals surface area contributed by atoms with E-state index >= 15 is 0 Å². The molecular formula is C53H95N15O10. The van der Waals surface area contributed by atoms with Gasteiger partial charge < -0.3 is 87.3 Å². The number of ketones is 1. The van der Waals surface area contributed by atoms with Crippen LogP contribution in [0.4, 0.5) is 0 Å². The molecule has 442 valence electrons. The predicted octanol–water partition coefficient (Wildman–Crippen LogP) is -1.24. The summed E-state index contributed by atoms with van der Waals surface area (Å²) in [6, 6.07) is 13.8. The second kappa shape index (κ2) is 49.5. The molecule has 0 fully saturated rings. The number of nitrogens with two attached hydrogens (primary N) is 7. The summed E-state index contributed by atoms with van der Waals surface area (Å²) >= 11 is 0. The Bertz CT molecular complexity index is 1970. The first kappa shape index (κ1) is 75.2. The SMILES string of the molecule is CC(C)C(=O)C(CCCCN)NC(=O)CNC(=O)C(CCCCN)NC(=O)CNC=O.CC(CCCN=C(N)N)NC(=O)CNC(=O)C(CCCCN)NC(=O)C(N)CC=O.CN.Cc1ccc(O)cc1.Cc1ccccc1. The zero-order valence-corrected chi connectivity index (χ0v) is 46.9. The number of rotatable bonds is 34. The van der Waals surface area contributed by atoms with Gasteiger partial charge in [-0.05, 0) is 130 Å². The normalized spacial score (nSPS) is 11.9. The van der Waals surface area contributed by atoms with E-state index in [1.807, 2.05) is 44.2 Å². The Morgan fingerprint density at radius 1 is 0.577 bits per heavy atom. The van der Waals surface area contributed by atoms with Crippen LogP contribution in [0.25, 0.3) is 0 Å². The summed E-state index contributed by atoms with van der Waals surface area (Å²) in [5.74, 6) is -2.97. The number of benzene rings is 2. The highest BCUT2D eigenvalue weighted by molar-refractivity contribution is 5.94. The number of guanidine groups is 1. The van der Waals surface area contributed by atoms with Crippen molar-refractivity contribution in [1.82, 2.24) is 37.2 Å². The third-order valence-electron chi connectivity index (χ3n) is 10.7. The zero-order valence-electron chi connectivity index (χ0n) is 46.9. The van der Waals surface area contributed by atoms with Crippen molar-refractivity contribution in [1.29, 1.82) is 0 Å². The number of unbranched alkanes of at least 4 members (excludes halogenated alkanes) is 3. The molecule has 0 aliphatic heterocycles. The fourth-order valence-electron chi connectivity index (χ4n) is 6.48. The lowest BCUT2D eigenvalue weighted by molar-refractivity contribution is -0.132. The monoisotopic (exact) mass is 1100 g/mol. The molecule has 5 unspecified atom stereocenters. The molecule has 7 amide bonds. The van der Waals surface area contributed by atoms with Crippen molar-refractivity contribution in [2.75, 3.05) is 52.9 Å². The van der Waals surface area contributed by atoms with E-state index < -0.39 is 53.7 Å². The van der Waals surface area contributed by atoms with Crippen LogP contribution in [0.3, 0.4) is 0 Å². The summed E-state index contributed by atoms with van der Waals surface area (Å²) in [7, 11) is 1.50. The average molecular weight is 1100 g/mol. The molecule has 2 aromatic carbocycles. The van der Waals surface area contributed by atoms with Crippen LogP contribution < -0.4 is 77.4 Å². The minimum atomic E-state index is -1.03. The van der Waals surface area contributed by atoms with E-state index in [4.69, 9.17) is 39.5 Å². The summed E-state index contributed by atoms with van der Waals surface area (Å²) < 4.78 is 0. The second-order valence-corrected chi connectivity index (χ2v) is 18.1. The highest BCUT2D eigenvalue weighted by Crippen LogP contribution is 2.09. The molecule has 5 atom stereocenters. The number of carbonyl (C=O) groups excluding carboxylic acids is 9. The van der Waals surface area contributed by atoms with Gasteiger partial charge in [0.15, 0.2) is 11.7 Å². The third kappa shape index (κ3) is 43.1. The van der Waals surface area contributed by atoms with Crippen LogP contribution in [0.15, 0.2) is 59.6 Å². The Labute approximate surface area is 461 Å². The van der Waals surface area contributed by atoms with Gasteiger partial charge in [0.2, 0.25) is 41.9 Å². The highest BCUT2D eigenvalue weighted by atomic mass is 16.3. The van der Waals surface area contributed by atoms with Crippen molar-refractivity contribution in [2.24, 2.45) is 51.0 Å². The molecule has 0 aliphatic rings. The van der Waals surface area contributed by atoms with Gasteiger partial charge in [-0.25, -0.2) is 0 Å². The molecule has 2 rings (SSSR count). The molecule has 25 nitrogen and oxygen atoms in total. The third-order valence-corrected chi connectivity index (χ3v) is 10.7. The first-order valence-electron chi connectivity index (χ1n) is 26.3. The molecule has 0 spiro atoms. The van der Waals surface area contributed by atoms with E-state index in [-0.39, 0.29) is 55.7 Å². The molecule has 2 aromatic rings. The number of phenolic OH excluding ortho intramolecular Hbond substituents is 1. The van der Waals surface area contributed by atoms with Crippen molar-refractivity contribution >= 4 is 59.9 Å². The summed E-state index contributed by atoms with van der Waals surface area (Å²) in [4.78, 5) is 110. The maximum absolute atomic E-state index is 12.5. The molecule has 0 saturated carbocycles. The van der Waals surface area contributed by atoms with Crippen molar-refractivity contribution < 1.29 is 48.3 Å². The maximum Gasteiger partial charge on any atom is 0.243 e. The molecule has 0 aliphatic carbocycles. The number of nitrogens with zero attached hydrogens (tertiary/aromatic N) is 1. The Balaban J connectivity index is -0.00000110. The Hall–Kier alpha value is -7.06. The quantitative estimate of drug-likeness (QED) is 0.0169. The van der Waals surface area contributed by atoms with Gasteiger partial charge in [-0.15, -0.1) is 0 Å². The molecule has 0 heterocycles.